The Morgan fingerprint density at radius 1 is 1.22 bits per heavy atom. The monoisotopic (exact) mass is 262 g/mol. The van der Waals surface area contributed by atoms with Gasteiger partial charge in [0.05, 0.1) is 17.8 Å². The van der Waals surface area contributed by atoms with Gasteiger partial charge in [-0.2, -0.15) is 0 Å². The van der Waals surface area contributed by atoms with Gasteiger partial charge < -0.3 is 10.1 Å². The first-order valence-corrected chi connectivity index (χ1v) is 6.08. The Labute approximate surface area is 112 Å². The molecule has 0 radical (unpaired) electrons. The molecular weight excluding hydrogens is 248 g/mol. The Morgan fingerprint density at radius 2 is 1.94 bits per heavy atom. The van der Waals surface area contributed by atoms with Crippen molar-refractivity contribution in [1.82, 2.24) is 4.98 Å². The van der Waals surface area contributed by atoms with E-state index in [1.165, 1.54) is 0 Å². The average Bonchev–Trinajstić information content (AvgIpc) is 2.42. The summed E-state index contributed by atoms with van der Waals surface area (Å²) in [7, 11) is 1.64. The first-order chi connectivity index (χ1) is 8.70. The first kappa shape index (κ1) is 12.7. The van der Waals surface area contributed by atoms with Gasteiger partial charge >= 0.3 is 0 Å². The quantitative estimate of drug-likeness (QED) is 0.907. The van der Waals surface area contributed by atoms with E-state index in [1.807, 2.05) is 30.3 Å². The van der Waals surface area contributed by atoms with E-state index >= 15 is 0 Å². The van der Waals surface area contributed by atoms with Crippen LogP contribution in [0.3, 0.4) is 0 Å². The van der Waals surface area contributed by atoms with Gasteiger partial charge in [0.25, 0.3) is 0 Å². The molecule has 1 unspecified atom stereocenters. The van der Waals surface area contributed by atoms with Gasteiger partial charge in [-0.3, -0.25) is 4.98 Å². The number of benzene rings is 1. The zero-order valence-electron chi connectivity index (χ0n) is 10.4. The molecule has 18 heavy (non-hydrogen) atoms. The van der Waals surface area contributed by atoms with E-state index in [1.54, 1.807) is 19.5 Å². The second-order valence-corrected chi connectivity index (χ2v) is 4.40. The summed E-state index contributed by atoms with van der Waals surface area (Å²) in [5, 5.41) is 4.04. The number of ether oxygens (including phenoxy) is 1. The lowest BCUT2D eigenvalue weighted by Gasteiger charge is -2.17. The normalized spacial score (nSPS) is 11.9. The van der Waals surface area contributed by atoms with Crippen LogP contribution in [-0.4, -0.2) is 12.1 Å². The number of hydrogen-bond donors (Lipinski definition) is 1. The van der Waals surface area contributed by atoms with E-state index in [0.717, 1.165) is 17.0 Å². The van der Waals surface area contributed by atoms with Gasteiger partial charge in [-0.25, -0.2) is 0 Å². The van der Waals surface area contributed by atoms with Gasteiger partial charge in [0.15, 0.2) is 0 Å². The summed E-state index contributed by atoms with van der Waals surface area (Å²) in [5.41, 5.74) is 2.02. The maximum Gasteiger partial charge on any atom is 0.121 e. The van der Waals surface area contributed by atoms with E-state index in [-0.39, 0.29) is 6.04 Å². The van der Waals surface area contributed by atoms with Crippen LogP contribution in [0.15, 0.2) is 42.7 Å². The highest BCUT2D eigenvalue weighted by Crippen LogP contribution is 2.29. The van der Waals surface area contributed by atoms with Gasteiger partial charge in [-0.15, -0.1) is 0 Å². The Bertz CT molecular complexity index is 516. The second kappa shape index (κ2) is 5.74. The van der Waals surface area contributed by atoms with E-state index in [0.29, 0.717) is 5.02 Å². The molecule has 1 aromatic heterocycles. The third kappa shape index (κ3) is 2.93. The predicted molar refractivity (Wildman–Crippen MR) is 74.3 cm³/mol. The molecule has 4 heteroatoms. The van der Waals surface area contributed by atoms with E-state index in [2.05, 4.69) is 17.2 Å². The zero-order chi connectivity index (χ0) is 13.0. The van der Waals surface area contributed by atoms with Crippen LogP contribution in [0.5, 0.6) is 5.75 Å². The fourth-order valence-electron chi connectivity index (χ4n) is 1.71. The summed E-state index contributed by atoms with van der Waals surface area (Å²) >= 11 is 6.15. The Balaban J connectivity index is 2.18. The highest BCUT2D eigenvalue weighted by atomic mass is 35.5. The van der Waals surface area contributed by atoms with Gasteiger partial charge in [-0.1, -0.05) is 11.6 Å². The summed E-state index contributed by atoms with van der Waals surface area (Å²) in [6.45, 7) is 2.07. The maximum absolute atomic E-state index is 6.15. The van der Waals surface area contributed by atoms with Crippen molar-refractivity contribution in [3.05, 3.63) is 53.3 Å². The van der Waals surface area contributed by atoms with Crippen molar-refractivity contribution >= 4 is 17.3 Å². The zero-order valence-corrected chi connectivity index (χ0v) is 11.1. The molecule has 0 spiro atoms. The number of rotatable bonds is 4. The van der Waals surface area contributed by atoms with Crippen molar-refractivity contribution in [1.29, 1.82) is 0 Å². The minimum absolute atomic E-state index is 0.151. The lowest BCUT2D eigenvalue weighted by atomic mass is 10.1. The summed E-state index contributed by atoms with van der Waals surface area (Å²) in [4.78, 5) is 4.01. The molecule has 0 saturated carbocycles. The molecule has 1 N–H and O–H groups in total. The summed E-state index contributed by atoms with van der Waals surface area (Å²) in [6.07, 6.45) is 3.56. The summed E-state index contributed by atoms with van der Waals surface area (Å²) in [5.74, 6) is 0.781. The van der Waals surface area contributed by atoms with Crippen LogP contribution in [0.4, 0.5) is 5.69 Å². The predicted octanol–water partition coefficient (Wildman–Crippen LogP) is 3.92. The van der Waals surface area contributed by atoms with Crippen LogP contribution in [0.25, 0.3) is 0 Å². The Kier molecular flexibility index (Phi) is 4.05. The fraction of sp³-hybridized carbons (Fsp3) is 0.214. The number of methoxy groups -OCH3 is 1. The number of pyridine rings is 1. The minimum atomic E-state index is 0.151. The van der Waals surface area contributed by atoms with Gasteiger partial charge in [-0.05, 0) is 36.8 Å². The standard InChI is InChI=1S/C14H15ClN2O/c1-10(11-5-7-16-8-6-11)17-14-9-12(18-2)3-4-13(14)15/h3-10,17H,1-2H3. The topological polar surface area (TPSA) is 34.1 Å². The molecule has 1 aromatic carbocycles. The lowest BCUT2D eigenvalue weighted by molar-refractivity contribution is 0.415. The van der Waals surface area contributed by atoms with Crippen molar-refractivity contribution in [3.63, 3.8) is 0 Å². The SMILES string of the molecule is COc1ccc(Cl)c(NC(C)c2ccncc2)c1. The number of nitrogens with one attached hydrogen (secondary N) is 1. The second-order valence-electron chi connectivity index (χ2n) is 3.99. The van der Waals surface area contributed by atoms with Crippen LogP contribution in [0.2, 0.25) is 5.02 Å². The molecule has 2 rings (SSSR count). The smallest absolute Gasteiger partial charge is 0.121 e. The maximum atomic E-state index is 6.15. The molecule has 0 aliphatic rings. The van der Waals surface area contributed by atoms with Crippen LogP contribution >= 0.6 is 11.6 Å². The van der Waals surface area contributed by atoms with Crippen LogP contribution < -0.4 is 10.1 Å². The minimum Gasteiger partial charge on any atom is -0.497 e. The number of aromatic nitrogens is 1. The van der Waals surface area contributed by atoms with E-state index in [9.17, 15) is 0 Å². The summed E-state index contributed by atoms with van der Waals surface area (Å²) in [6, 6.07) is 9.65. The number of hydrogen-bond acceptors (Lipinski definition) is 3. The third-order valence-electron chi connectivity index (χ3n) is 2.75. The number of halogens is 1. The van der Waals surface area contributed by atoms with Gasteiger partial charge in [0, 0.05) is 24.5 Å². The van der Waals surface area contributed by atoms with Crippen molar-refractivity contribution < 1.29 is 4.74 Å². The van der Waals surface area contributed by atoms with Crippen LogP contribution in [0, 0.1) is 0 Å². The Hall–Kier alpha value is -1.74. The molecule has 0 aliphatic heterocycles. The fourth-order valence-corrected chi connectivity index (χ4v) is 1.88. The molecule has 0 fully saturated rings. The van der Waals surface area contributed by atoms with Crippen molar-refractivity contribution in [3.8, 4) is 5.75 Å². The summed E-state index contributed by atoms with van der Waals surface area (Å²) < 4.78 is 5.19. The third-order valence-corrected chi connectivity index (χ3v) is 3.08. The molecule has 3 nitrogen and oxygen atoms in total. The largest absolute Gasteiger partial charge is 0.497 e. The Morgan fingerprint density at radius 3 is 2.61 bits per heavy atom. The number of anilines is 1. The molecule has 0 bridgehead atoms. The molecule has 0 saturated heterocycles. The first-order valence-electron chi connectivity index (χ1n) is 5.70. The average molecular weight is 263 g/mol. The molecule has 94 valence electrons. The lowest BCUT2D eigenvalue weighted by Crippen LogP contribution is -2.07. The number of nitrogens with zero attached hydrogens (tertiary/aromatic N) is 1. The highest BCUT2D eigenvalue weighted by molar-refractivity contribution is 6.33. The van der Waals surface area contributed by atoms with Gasteiger partial charge in [0.2, 0.25) is 0 Å². The molecule has 2 aromatic rings. The molecule has 0 amide bonds. The van der Waals surface area contributed by atoms with Gasteiger partial charge in [0.1, 0.15) is 5.75 Å². The molecule has 1 heterocycles. The van der Waals surface area contributed by atoms with Crippen molar-refractivity contribution in [2.75, 3.05) is 12.4 Å². The van der Waals surface area contributed by atoms with Crippen molar-refractivity contribution in [2.45, 2.75) is 13.0 Å². The van der Waals surface area contributed by atoms with Crippen LogP contribution in [-0.2, 0) is 0 Å². The van der Waals surface area contributed by atoms with E-state index < -0.39 is 0 Å². The van der Waals surface area contributed by atoms with Crippen LogP contribution in [0.1, 0.15) is 18.5 Å². The molecule has 1 atom stereocenters. The highest BCUT2D eigenvalue weighted by Gasteiger charge is 2.08. The van der Waals surface area contributed by atoms with Crippen molar-refractivity contribution in [2.24, 2.45) is 0 Å². The molecular formula is C14H15ClN2O. The van der Waals surface area contributed by atoms with E-state index in [4.69, 9.17) is 16.3 Å². The molecule has 0 aliphatic carbocycles.